The van der Waals surface area contributed by atoms with Crippen molar-refractivity contribution in [2.75, 3.05) is 0 Å². The van der Waals surface area contributed by atoms with Crippen LogP contribution in [0.1, 0.15) is 45.6 Å². The van der Waals surface area contributed by atoms with E-state index in [4.69, 9.17) is 16.1 Å². The Kier molecular flexibility index (Phi) is 6.86. The molecule has 2 aromatic carbocycles. The number of rotatable bonds is 6. The predicted molar refractivity (Wildman–Crippen MR) is 120 cm³/mol. The average Bonchev–Trinajstić information content (AvgIpc) is 2.68. The number of hydrogen-bond donors (Lipinski definition) is 0. The molecule has 2 aromatic rings. The molecule has 150 valence electrons. The van der Waals surface area contributed by atoms with Crippen molar-refractivity contribution < 1.29 is 9.09 Å². The summed E-state index contributed by atoms with van der Waals surface area (Å²) in [7, 11) is -3.31. The molecule has 0 aliphatic heterocycles. The van der Waals surface area contributed by atoms with Crippen LogP contribution in [0.5, 0.6) is 0 Å². The summed E-state index contributed by atoms with van der Waals surface area (Å²) >= 11 is 6.04. The van der Waals surface area contributed by atoms with Crippen LogP contribution < -0.4 is 5.30 Å². The van der Waals surface area contributed by atoms with E-state index in [0.29, 0.717) is 33.4 Å². The third-order valence-corrected chi connectivity index (χ3v) is 8.64. The first-order valence-electron chi connectivity index (χ1n) is 10.1. The zero-order valence-electron chi connectivity index (χ0n) is 17.0. The summed E-state index contributed by atoms with van der Waals surface area (Å²) in [5.74, 6) is 1.48. The first-order valence-corrected chi connectivity index (χ1v) is 12.1. The van der Waals surface area contributed by atoms with Crippen LogP contribution in [0.25, 0.3) is 5.31 Å². The molecule has 1 aliphatic rings. The van der Waals surface area contributed by atoms with E-state index in [2.05, 4.69) is 27.4 Å². The van der Waals surface area contributed by atoms with E-state index in [0.717, 1.165) is 18.4 Å². The molecule has 2 nitrogen and oxygen atoms in total. The molecule has 28 heavy (non-hydrogen) atoms. The summed E-state index contributed by atoms with van der Waals surface area (Å²) in [5.41, 5.74) is 0.807. The van der Waals surface area contributed by atoms with Crippen LogP contribution in [0.3, 0.4) is 0 Å². The second-order valence-corrected chi connectivity index (χ2v) is 11.1. The highest BCUT2D eigenvalue weighted by Crippen LogP contribution is 2.60. The van der Waals surface area contributed by atoms with E-state index in [1.807, 2.05) is 42.5 Å². The minimum Gasteiger partial charge on any atom is -0.318 e. The Morgan fingerprint density at radius 1 is 1.11 bits per heavy atom. The highest BCUT2D eigenvalue weighted by Gasteiger charge is 2.39. The summed E-state index contributed by atoms with van der Waals surface area (Å²) in [6.07, 6.45) is 3.23. The molecule has 0 heterocycles. The molecular formula is C24H30ClO2P. The fraction of sp³-hybridized carbons (Fsp3) is 0.417. The first-order chi connectivity index (χ1) is 13.3. The van der Waals surface area contributed by atoms with Gasteiger partial charge in [-0.05, 0) is 60.4 Å². The van der Waals surface area contributed by atoms with Gasteiger partial charge in [0.1, 0.15) is 0 Å². The predicted octanol–water partition coefficient (Wildman–Crippen LogP) is 7.39. The molecule has 0 aromatic heterocycles. The number of hydrogen-bond acceptors (Lipinski definition) is 2. The Balaban J connectivity index is 2.00. The molecule has 0 N–H and O–H groups in total. The molecule has 0 spiro atoms. The zero-order chi connectivity index (χ0) is 20.3. The third-order valence-electron chi connectivity index (χ3n) is 5.87. The van der Waals surface area contributed by atoms with Crippen LogP contribution in [0.4, 0.5) is 0 Å². The second kappa shape index (κ2) is 8.99. The summed E-state index contributed by atoms with van der Waals surface area (Å²) in [5, 5.41) is 1.89. The van der Waals surface area contributed by atoms with Crippen molar-refractivity contribution >= 4 is 29.6 Å². The zero-order valence-corrected chi connectivity index (χ0v) is 18.6. The van der Waals surface area contributed by atoms with E-state index in [9.17, 15) is 4.57 Å². The van der Waals surface area contributed by atoms with Crippen LogP contribution in [0.15, 0.2) is 61.2 Å². The van der Waals surface area contributed by atoms with Crippen molar-refractivity contribution in [2.24, 2.45) is 17.8 Å². The fourth-order valence-corrected chi connectivity index (χ4v) is 6.51. The van der Waals surface area contributed by atoms with E-state index in [1.165, 1.54) is 6.42 Å². The fourth-order valence-electron chi connectivity index (χ4n) is 4.14. The third kappa shape index (κ3) is 4.62. The van der Waals surface area contributed by atoms with Gasteiger partial charge in [0, 0.05) is 15.6 Å². The molecule has 1 fully saturated rings. The quantitative estimate of drug-likeness (QED) is 0.459. The number of halogens is 1. The standard InChI is InChI=1S/C24H30ClO2P/c1-17(2)23-15-10-18(3)16-24(23)27-28(26,22-8-6-5-7-9-22)19(4)20-11-13-21(25)14-12-20/h5-9,11-14,17-18,23-24H,4,10,15-16H2,1-3H3/t18-,23+,24-,28?/m1/s1. The van der Waals surface area contributed by atoms with Crippen LogP contribution in [0, 0.1) is 17.8 Å². The van der Waals surface area contributed by atoms with Gasteiger partial charge < -0.3 is 4.52 Å². The van der Waals surface area contributed by atoms with Gasteiger partial charge >= 0.3 is 0 Å². The molecule has 1 aliphatic carbocycles. The van der Waals surface area contributed by atoms with Crippen molar-refractivity contribution in [3.8, 4) is 0 Å². The molecule has 0 bridgehead atoms. The maximum absolute atomic E-state index is 14.4. The van der Waals surface area contributed by atoms with Gasteiger partial charge in [-0.1, -0.05) is 75.7 Å². The van der Waals surface area contributed by atoms with Crippen molar-refractivity contribution in [2.45, 2.75) is 46.1 Å². The Bertz CT molecular complexity index is 845. The average molecular weight is 417 g/mol. The van der Waals surface area contributed by atoms with E-state index >= 15 is 0 Å². The molecule has 1 unspecified atom stereocenters. The Labute approximate surface area is 174 Å². The van der Waals surface area contributed by atoms with Gasteiger partial charge in [-0.15, -0.1) is 0 Å². The second-order valence-electron chi connectivity index (χ2n) is 8.31. The normalized spacial score (nSPS) is 24.7. The van der Waals surface area contributed by atoms with Gasteiger partial charge in [0.05, 0.1) is 6.10 Å². The maximum atomic E-state index is 14.4. The topological polar surface area (TPSA) is 26.3 Å². The Morgan fingerprint density at radius 3 is 2.36 bits per heavy atom. The highest BCUT2D eigenvalue weighted by molar-refractivity contribution is 7.76. The van der Waals surface area contributed by atoms with Crippen LogP contribution in [-0.2, 0) is 9.09 Å². The molecule has 4 heteroatoms. The summed E-state index contributed by atoms with van der Waals surface area (Å²) in [6, 6.07) is 16.9. The van der Waals surface area contributed by atoms with Crippen molar-refractivity contribution in [1.82, 2.24) is 0 Å². The Hall–Kier alpha value is -1.34. The lowest BCUT2D eigenvalue weighted by Gasteiger charge is -2.39. The van der Waals surface area contributed by atoms with Crippen molar-refractivity contribution in [3.63, 3.8) is 0 Å². The maximum Gasteiger partial charge on any atom is 0.261 e. The smallest absolute Gasteiger partial charge is 0.261 e. The van der Waals surface area contributed by atoms with Gasteiger partial charge in [0.15, 0.2) is 0 Å². The van der Waals surface area contributed by atoms with E-state index < -0.39 is 7.37 Å². The van der Waals surface area contributed by atoms with Crippen LogP contribution >= 0.6 is 19.0 Å². The van der Waals surface area contributed by atoms with Gasteiger partial charge in [0.2, 0.25) is 0 Å². The van der Waals surface area contributed by atoms with Gasteiger partial charge in [-0.3, -0.25) is 4.57 Å². The SMILES string of the molecule is C=C(c1ccc(Cl)cc1)P(=O)(O[C@@H]1C[C@H](C)CC[C@H]1C(C)C)c1ccccc1. The monoisotopic (exact) mass is 416 g/mol. The van der Waals surface area contributed by atoms with Crippen molar-refractivity contribution in [1.29, 1.82) is 0 Å². The lowest BCUT2D eigenvalue weighted by molar-refractivity contribution is 0.0516. The lowest BCUT2D eigenvalue weighted by atomic mass is 9.75. The molecule has 0 radical (unpaired) electrons. The van der Waals surface area contributed by atoms with E-state index in [1.54, 1.807) is 12.1 Å². The highest BCUT2D eigenvalue weighted by atomic mass is 35.5. The summed E-state index contributed by atoms with van der Waals surface area (Å²) in [4.78, 5) is 0. The van der Waals surface area contributed by atoms with Gasteiger partial charge in [0.25, 0.3) is 7.37 Å². The minimum atomic E-state index is -3.31. The lowest BCUT2D eigenvalue weighted by Crippen LogP contribution is -2.34. The minimum absolute atomic E-state index is 0.0289. The molecular weight excluding hydrogens is 387 g/mol. The molecule has 3 rings (SSSR count). The number of benzene rings is 2. The van der Waals surface area contributed by atoms with Crippen LogP contribution in [0.2, 0.25) is 5.02 Å². The van der Waals surface area contributed by atoms with Gasteiger partial charge in [-0.25, -0.2) is 0 Å². The largest absolute Gasteiger partial charge is 0.318 e. The van der Waals surface area contributed by atoms with Crippen LogP contribution in [-0.4, -0.2) is 6.10 Å². The molecule has 0 amide bonds. The van der Waals surface area contributed by atoms with E-state index in [-0.39, 0.29) is 6.10 Å². The Morgan fingerprint density at radius 2 is 1.75 bits per heavy atom. The molecule has 0 saturated heterocycles. The van der Waals surface area contributed by atoms with Gasteiger partial charge in [-0.2, -0.15) is 0 Å². The summed E-state index contributed by atoms with van der Waals surface area (Å²) < 4.78 is 21.0. The molecule has 1 saturated carbocycles. The first kappa shape index (κ1) is 21.4. The molecule has 4 atom stereocenters. The summed E-state index contributed by atoms with van der Waals surface area (Å²) in [6.45, 7) is 11.0. The van der Waals surface area contributed by atoms with Crippen molar-refractivity contribution in [3.05, 3.63) is 71.8 Å².